The smallest absolute Gasteiger partial charge is 0.338 e. The van der Waals surface area contributed by atoms with Crippen molar-refractivity contribution in [2.75, 3.05) is 11.9 Å². The molecule has 1 atom stereocenters. The van der Waals surface area contributed by atoms with Gasteiger partial charge in [0.05, 0.1) is 5.56 Å². The van der Waals surface area contributed by atoms with Gasteiger partial charge in [-0.1, -0.05) is 12.8 Å². The van der Waals surface area contributed by atoms with Crippen molar-refractivity contribution in [2.24, 2.45) is 0 Å². The van der Waals surface area contributed by atoms with Gasteiger partial charge < -0.3 is 10.0 Å². The molecule has 5 nitrogen and oxygen atoms in total. The van der Waals surface area contributed by atoms with Crippen molar-refractivity contribution in [1.82, 2.24) is 4.90 Å². The second-order valence-corrected chi connectivity index (χ2v) is 6.84. The van der Waals surface area contributed by atoms with Gasteiger partial charge in [-0.3, -0.25) is 5.32 Å². The lowest BCUT2D eigenvalue weighted by atomic mass is 10.1. The van der Waals surface area contributed by atoms with E-state index >= 15 is 0 Å². The molecule has 116 valence electrons. The SMILES string of the molecule is Cc1sc(NC(=O)N2CCCCCC2C)c(C(=O)O)c1C. The molecule has 0 spiro atoms. The summed E-state index contributed by atoms with van der Waals surface area (Å²) in [7, 11) is 0. The number of aryl methyl sites for hydroxylation is 1. The molecular formula is C15H22N2O3S. The van der Waals surface area contributed by atoms with E-state index in [9.17, 15) is 14.7 Å². The average Bonchev–Trinajstić information content (AvgIpc) is 2.58. The Labute approximate surface area is 129 Å². The first-order valence-electron chi connectivity index (χ1n) is 7.32. The van der Waals surface area contributed by atoms with Crippen LogP contribution in [0.2, 0.25) is 0 Å². The maximum absolute atomic E-state index is 12.5. The van der Waals surface area contributed by atoms with Crippen molar-refractivity contribution in [3.63, 3.8) is 0 Å². The molecule has 1 aliphatic rings. The third-order valence-corrected chi connectivity index (χ3v) is 5.26. The number of likely N-dealkylation sites (tertiary alicyclic amines) is 1. The van der Waals surface area contributed by atoms with Crippen LogP contribution < -0.4 is 5.32 Å². The molecule has 0 saturated carbocycles. The largest absolute Gasteiger partial charge is 0.478 e. The number of aromatic carboxylic acids is 1. The van der Waals surface area contributed by atoms with Crippen molar-refractivity contribution >= 4 is 28.3 Å². The Morgan fingerprint density at radius 2 is 2.00 bits per heavy atom. The molecule has 0 bridgehead atoms. The number of hydrogen-bond donors (Lipinski definition) is 2. The third-order valence-electron chi connectivity index (χ3n) is 4.13. The average molecular weight is 310 g/mol. The highest BCUT2D eigenvalue weighted by molar-refractivity contribution is 7.16. The van der Waals surface area contributed by atoms with E-state index in [1.165, 1.54) is 11.3 Å². The number of carboxylic acid groups (broad SMARTS) is 1. The maximum atomic E-state index is 12.5. The summed E-state index contributed by atoms with van der Waals surface area (Å²) in [6.45, 7) is 6.43. The van der Waals surface area contributed by atoms with E-state index in [4.69, 9.17) is 0 Å². The Bertz CT molecular complexity index is 553. The van der Waals surface area contributed by atoms with Crippen LogP contribution in [0.4, 0.5) is 9.80 Å². The molecule has 2 N–H and O–H groups in total. The van der Waals surface area contributed by atoms with Gasteiger partial charge in [0.2, 0.25) is 0 Å². The van der Waals surface area contributed by atoms with E-state index in [2.05, 4.69) is 5.32 Å². The molecule has 1 fully saturated rings. The second kappa shape index (κ2) is 6.47. The molecule has 6 heteroatoms. The molecule has 2 heterocycles. The number of hydrogen-bond acceptors (Lipinski definition) is 3. The summed E-state index contributed by atoms with van der Waals surface area (Å²) < 4.78 is 0. The van der Waals surface area contributed by atoms with E-state index < -0.39 is 5.97 Å². The summed E-state index contributed by atoms with van der Waals surface area (Å²) in [5.41, 5.74) is 0.944. The number of amides is 2. The van der Waals surface area contributed by atoms with Crippen LogP contribution in [0.25, 0.3) is 0 Å². The molecule has 2 amide bonds. The standard InChI is InChI=1S/C15H22N2O3S/c1-9-7-5-4-6-8-17(9)15(20)16-13-12(14(18)19)10(2)11(3)21-13/h9H,4-8H2,1-3H3,(H,16,20)(H,18,19). The number of carboxylic acids is 1. The van der Waals surface area contributed by atoms with Gasteiger partial charge in [-0.15, -0.1) is 11.3 Å². The Morgan fingerprint density at radius 1 is 1.29 bits per heavy atom. The number of rotatable bonds is 2. The van der Waals surface area contributed by atoms with Crippen LogP contribution in [0, 0.1) is 13.8 Å². The normalized spacial score (nSPS) is 19.2. The number of urea groups is 1. The minimum absolute atomic E-state index is 0.187. The molecular weight excluding hydrogens is 288 g/mol. The molecule has 0 aromatic carbocycles. The highest BCUT2D eigenvalue weighted by atomic mass is 32.1. The zero-order valence-electron chi connectivity index (χ0n) is 12.7. The molecule has 1 aliphatic heterocycles. The lowest BCUT2D eigenvalue weighted by molar-refractivity contribution is 0.0697. The zero-order chi connectivity index (χ0) is 15.6. The molecule has 2 rings (SSSR count). The number of nitrogens with zero attached hydrogens (tertiary/aromatic N) is 1. The second-order valence-electron chi connectivity index (χ2n) is 5.61. The summed E-state index contributed by atoms with van der Waals surface area (Å²) in [6, 6.07) is 0.0103. The molecule has 1 aromatic rings. The summed E-state index contributed by atoms with van der Waals surface area (Å²) >= 11 is 1.33. The number of anilines is 1. The van der Waals surface area contributed by atoms with E-state index in [0.717, 1.165) is 42.7 Å². The summed E-state index contributed by atoms with van der Waals surface area (Å²) in [5.74, 6) is -0.990. The van der Waals surface area contributed by atoms with Crippen molar-refractivity contribution < 1.29 is 14.7 Å². The maximum Gasteiger partial charge on any atom is 0.338 e. The quantitative estimate of drug-likeness (QED) is 0.871. The van der Waals surface area contributed by atoms with E-state index in [1.54, 1.807) is 6.92 Å². The Hall–Kier alpha value is -1.56. The van der Waals surface area contributed by atoms with Crippen LogP contribution in [0.1, 0.15) is 53.4 Å². The van der Waals surface area contributed by atoms with E-state index in [0.29, 0.717) is 5.00 Å². The number of carbonyl (C=O) groups is 2. The molecule has 21 heavy (non-hydrogen) atoms. The van der Waals surface area contributed by atoms with Crippen LogP contribution in [-0.2, 0) is 0 Å². The van der Waals surface area contributed by atoms with Gasteiger partial charge in [-0.2, -0.15) is 0 Å². The first kappa shape index (κ1) is 15.8. The van der Waals surface area contributed by atoms with Gasteiger partial charge in [-0.05, 0) is 39.2 Å². The first-order chi connectivity index (χ1) is 9.91. The van der Waals surface area contributed by atoms with Crippen LogP contribution >= 0.6 is 11.3 Å². The highest BCUT2D eigenvalue weighted by Gasteiger charge is 2.25. The monoisotopic (exact) mass is 310 g/mol. The Balaban J connectivity index is 2.19. The Morgan fingerprint density at radius 3 is 2.67 bits per heavy atom. The minimum atomic E-state index is -0.990. The zero-order valence-corrected chi connectivity index (χ0v) is 13.5. The van der Waals surface area contributed by atoms with Crippen LogP contribution in [0.5, 0.6) is 0 Å². The summed E-state index contributed by atoms with van der Waals surface area (Å²) in [5, 5.41) is 12.6. The molecule has 1 aromatic heterocycles. The van der Waals surface area contributed by atoms with Crippen molar-refractivity contribution in [3.8, 4) is 0 Å². The van der Waals surface area contributed by atoms with E-state index in [-0.39, 0.29) is 17.6 Å². The van der Waals surface area contributed by atoms with Gasteiger partial charge in [0.15, 0.2) is 0 Å². The van der Waals surface area contributed by atoms with Crippen molar-refractivity contribution in [2.45, 2.75) is 52.5 Å². The first-order valence-corrected chi connectivity index (χ1v) is 8.14. The third kappa shape index (κ3) is 3.37. The molecule has 1 unspecified atom stereocenters. The fourth-order valence-electron chi connectivity index (χ4n) is 2.72. The van der Waals surface area contributed by atoms with Gasteiger partial charge in [-0.25, -0.2) is 9.59 Å². The number of nitrogens with one attached hydrogen (secondary N) is 1. The lowest BCUT2D eigenvalue weighted by Gasteiger charge is -2.27. The molecule has 1 saturated heterocycles. The molecule has 0 radical (unpaired) electrons. The van der Waals surface area contributed by atoms with Crippen molar-refractivity contribution in [1.29, 1.82) is 0 Å². The number of carbonyl (C=O) groups excluding carboxylic acids is 1. The van der Waals surface area contributed by atoms with Gasteiger partial charge in [0.1, 0.15) is 5.00 Å². The molecule has 0 aliphatic carbocycles. The van der Waals surface area contributed by atoms with E-state index in [1.807, 2.05) is 18.7 Å². The predicted octanol–water partition coefficient (Wildman–Crippen LogP) is 3.86. The van der Waals surface area contributed by atoms with Crippen molar-refractivity contribution in [3.05, 3.63) is 16.0 Å². The van der Waals surface area contributed by atoms with Crippen LogP contribution in [0.3, 0.4) is 0 Å². The summed E-state index contributed by atoms with van der Waals surface area (Å²) in [6.07, 6.45) is 4.29. The highest BCUT2D eigenvalue weighted by Crippen LogP contribution is 2.32. The van der Waals surface area contributed by atoms with Crippen LogP contribution in [-0.4, -0.2) is 34.6 Å². The summed E-state index contributed by atoms with van der Waals surface area (Å²) in [4.78, 5) is 26.6. The fourth-order valence-corrected chi connectivity index (χ4v) is 3.76. The topological polar surface area (TPSA) is 69.6 Å². The van der Waals surface area contributed by atoms with Crippen LogP contribution in [0.15, 0.2) is 0 Å². The minimum Gasteiger partial charge on any atom is -0.478 e. The lowest BCUT2D eigenvalue weighted by Crippen LogP contribution is -2.41. The van der Waals surface area contributed by atoms with Gasteiger partial charge in [0.25, 0.3) is 0 Å². The number of thiophene rings is 1. The van der Waals surface area contributed by atoms with Gasteiger partial charge in [0, 0.05) is 17.5 Å². The fraction of sp³-hybridized carbons (Fsp3) is 0.600. The van der Waals surface area contributed by atoms with Gasteiger partial charge >= 0.3 is 12.0 Å². The Kier molecular flexibility index (Phi) is 4.88. The predicted molar refractivity (Wildman–Crippen MR) is 84.4 cm³/mol.